The molecule has 1 aromatic heterocycles. The molecule has 1 aromatic rings. The first-order chi connectivity index (χ1) is 9.00. The summed E-state index contributed by atoms with van der Waals surface area (Å²) in [5.41, 5.74) is 2.18. The molecular weight excluding hydrogens is 240 g/mol. The molecule has 0 bridgehead atoms. The van der Waals surface area contributed by atoms with Crippen molar-refractivity contribution in [3.8, 4) is 6.07 Å². The van der Waals surface area contributed by atoms with Crippen LogP contribution in [-0.4, -0.2) is 36.0 Å². The smallest absolute Gasteiger partial charge is 0.169 e. The highest BCUT2D eigenvalue weighted by atomic mass is 16.5. The lowest BCUT2D eigenvalue weighted by Crippen LogP contribution is -2.48. The fourth-order valence-electron chi connectivity index (χ4n) is 2.50. The number of nitrogens with zero attached hydrogens (tertiary/aromatic N) is 4. The van der Waals surface area contributed by atoms with Crippen LogP contribution in [0, 0.1) is 25.2 Å². The topological polar surface area (TPSA) is 62.0 Å². The molecule has 0 aliphatic carbocycles. The fraction of sp³-hybridized carbons (Fsp3) is 0.643. The molecule has 2 heterocycles. The maximum atomic E-state index is 9.37. The van der Waals surface area contributed by atoms with Crippen LogP contribution in [0.4, 0.5) is 5.82 Å². The van der Waals surface area contributed by atoms with Crippen molar-refractivity contribution in [1.82, 2.24) is 10.2 Å². The minimum Gasteiger partial charge on any atom is -0.377 e. The average molecular weight is 260 g/mol. The quantitative estimate of drug-likeness (QED) is 0.813. The number of methoxy groups -OCH3 is 1. The molecule has 5 nitrogen and oxygen atoms in total. The lowest BCUT2D eigenvalue weighted by atomic mass is 9.94. The van der Waals surface area contributed by atoms with Crippen molar-refractivity contribution in [3.05, 3.63) is 16.8 Å². The number of hydrogen-bond donors (Lipinski definition) is 0. The van der Waals surface area contributed by atoms with Crippen LogP contribution >= 0.6 is 0 Å². The summed E-state index contributed by atoms with van der Waals surface area (Å²) in [5.74, 6) is 0.688. The number of rotatable bonds is 2. The molecule has 0 spiro atoms. The summed E-state index contributed by atoms with van der Waals surface area (Å²) in [6, 6.07) is 2.26. The maximum Gasteiger partial charge on any atom is 0.169 e. The van der Waals surface area contributed by atoms with Crippen molar-refractivity contribution in [1.29, 1.82) is 5.26 Å². The van der Waals surface area contributed by atoms with Gasteiger partial charge in [0.25, 0.3) is 0 Å². The Kier molecular flexibility index (Phi) is 3.72. The van der Waals surface area contributed by atoms with Crippen LogP contribution in [0.2, 0.25) is 0 Å². The molecule has 0 saturated carbocycles. The molecule has 0 radical (unpaired) electrons. The SMILES string of the molecule is COC1(C)CCCN(c2nnc(C)c(C)c2C#N)C1. The van der Waals surface area contributed by atoms with Gasteiger partial charge in [0.15, 0.2) is 5.82 Å². The maximum absolute atomic E-state index is 9.37. The number of ether oxygens (including phenoxy) is 1. The van der Waals surface area contributed by atoms with Crippen LogP contribution < -0.4 is 4.90 Å². The second-order valence-electron chi connectivity index (χ2n) is 5.40. The van der Waals surface area contributed by atoms with E-state index in [-0.39, 0.29) is 5.60 Å². The predicted molar refractivity (Wildman–Crippen MR) is 73.1 cm³/mol. The second kappa shape index (κ2) is 5.14. The first-order valence-corrected chi connectivity index (χ1v) is 6.55. The van der Waals surface area contributed by atoms with Gasteiger partial charge in [0.2, 0.25) is 0 Å². The Morgan fingerprint density at radius 2 is 2.11 bits per heavy atom. The molecule has 1 unspecified atom stereocenters. The van der Waals surface area contributed by atoms with Gasteiger partial charge in [-0.3, -0.25) is 0 Å². The predicted octanol–water partition coefficient (Wildman–Crippen LogP) is 1.97. The fourth-order valence-corrected chi connectivity index (χ4v) is 2.50. The van der Waals surface area contributed by atoms with E-state index in [2.05, 4.69) is 28.1 Å². The van der Waals surface area contributed by atoms with Crippen molar-refractivity contribution < 1.29 is 4.74 Å². The van der Waals surface area contributed by atoms with E-state index in [9.17, 15) is 5.26 Å². The lowest BCUT2D eigenvalue weighted by Gasteiger charge is -2.40. The molecule has 0 N–H and O–H groups in total. The Hall–Kier alpha value is -1.67. The largest absolute Gasteiger partial charge is 0.377 e. The van der Waals surface area contributed by atoms with E-state index in [1.54, 1.807) is 7.11 Å². The Morgan fingerprint density at radius 1 is 1.37 bits per heavy atom. The number of nitriles is 1. The molecule has 19 heavy (non-hydrogen) atoms. The summed E-state index contributed by atoms with van der Waals surface area (Å²) >= 11 is 0. The zero-order valence-electron chi connectivity index (χ0n) is 12.0. The van der Waals surface area contributed by atoms with E-state index >= 15 is 0 Å². The van der Waals surface area contributed by atoms with E-state index in [0.717, 1.165) is 37.2 Å². The summed E-state index contributed by atoms with van der Waals surface area (Å²) in [7, 11) is 1.74. The number of anilines is 1. The zero-order valence-corrected chi connectivity index (χ0v) is 12.0. The normalized spacial score (nSPS) is 23.2. The van der Waals surface area contributed by atoms with Gasteiger partial charge >= 0.3 is 0 Å². The second-order valence-corrected chi connectivity index (χ2v) is 5.40. The number of aromatic nitrogens is 2. The molecule has 5 heteroatoms. The Balaban J connectivity index is 2.37. The van der Waals surface area contributed by atoms with E-state index in [4.69, 9.17) is 4.74 Å². The van der Waals surface area contributed by atoms with Gasteiger partial charge in [-0.1, -0.05) is 0 Å². The minimum atomic E-state index is -0.175. The highest BCUT2D eigenvalue weighted by molar-refractivity contribution is 5.57. The van der Waals surface area contributed by atoms with Gasteiger partial charge in [0.05, 0.1) is 11.3 Å². The van der Waals surface area contributed by atoms with Crippen molar-refractivity contribution in [2.75, 3.05) is 25.1 Å². The molecule has 1 aliphatic rings. The Morgan fingerprint density at radius 3 is 2.74 bits per heavy atom. The van der Waals surface area contributed by atoms with E-state index in [1.165, 1.54) is 0 Å². The lowest BCUT2D eigenvalue weighted by molar-refractivity contribution is -0.00485. The first kappa shape index (κ1) is 13.8. The zero-order chi connectivity index (χ0) is 14.0. The van der Waals surface area contributed by atoms with Gasteiger partial charge in [0, 0.05) is 20.2 Å². The first-order valence-electron chi connectivity index (χ1n) is 6.55. The summed E-state index contributed by atoms with van der Waals surface area (Å²) < 4.78 is 5.59. The Labute approximate surface area is 114 Å². The number of piperidine rings is 1. The number of aryl methyl sites for hydroxylation is 1. The molecule has 102 valence electrons. The standard InChI is InChI=1S/C14H20N4O/c1-10-11(2)16-17-13(12(10)8-15)18-7-5-6-14(3,9-18)19-4/h5-7,9H2,1-4H3. The van der Waals surface area contributed by atoms with Gasteiger partial charge in [-0.25, -0.2) is 0 Å². The third-order valence-electron chi connectivity index (χ3n) is 4.00. The van der Waals surface area contributed by atoms with E-state index < -0.39 is 0 Å². The van der Waals surface area contributed by atoms with Crippen LogP contribution in [0.3, 0.4) is 0 Å². The summed E-state index contributed by atoms with van der Waals surface area (Å²) in [6.45, 7) is 7.54. The van der Waals surface area contributed by atoms with Crippen LogP contribution in [0.15, 0.2) is 0 Å². The van der Waals surface area contributed by atoms with Crippen molar-refractivity contribution in [2.24, 2.45) is 0 Å². The van der Waals surface area contributed by atoms with E-state index in [0.29, 0.717) is 11.4 Å². The molecule has 0 amide bonds. The molecule has 1 fully saturated rings. The van der Waals surface area contributed by atoms with Crippen molar-refractivity contribution in [3.63, 3.8) is 0 Å². The van der Waals surface area contributed by atoms with Crippen LogP contribution in [0.5, 0.6) is 0 Å². The third kappa shape index (κ3) is 2.54. The molecule has 1 saturated heterocycles. The van der Waals surface area contributed by atoms with Crippen molar-refractivity contribution >= 4 is 5.82 Å². The average Bonchev–Trinajstić information content (AvgIpc) is 2.41. The summed E-state index contributed by atoms with van der Waals surface area (Å²) in [4.78, 5) is 2.12. The Bertz CT molecular complexity index is 523. The summed E-state index contributed by atoms with van der Waals surface area (Å²) in [5, 5.41) is 17.7. The molecule has 0 aromatic carbocycles. The molecule has 1 atom stereocenters. The molecule has 1 aliphatic heterocycles. The molecular formula is C14H20N4O. The van der Waals surface area contributed by atoms with E-state index in [1.807, 2.05) is 13.8 Å². The minimum absolute atomic E-state index is 0.175. The van der Waals surface area contributed by atoms with Crippen LogP contribution in [0.25, 0.3) is 0 Å². The van der Waals surface area contributed by atoms with Gasteiger partial charge in [0.1, 0.15) is 11.6 Å². The highest BCUT2D eigenvalue weighted by Gasteiger charge is 2.32. The molecule has 2 rings (SSSR count). The third-order valence-corrected chi connectivity index (χ3v) is 4.00. The van der Waals surface area contributed by atoms with Crippen molar-refractivity contribution in [2.45, 2.75) is 39.2 Å². The number of hydrogen-bond acceptors (Lipinski definition) is 5. The van der Waals surface area contributed by atoms with Crippen LogP contribution in [-0.2, 0) is 4.74 Å². The van der Waals surface area contributed by atoms with Gasteiger partial charge < -0.3 is 9.64 Å². The van der Waals surface area contributed by atoms with Crippen LogP contribution in [0.1, 0.15) is 36.6 Å². The van der Waals surface area contributed by atoms with Gasteiger partial charge in [-0.15, -0.1) is 5.10 Å². The van der Waals surface area contributed by atoms with Gasteiger partial charge in [-0.05, 0) is 39.2 Å². The summed E-state index contributed by atoms with van der Waals surface area (Å²) in [6.07, 6.45) is 2.06. The van der Waals surface area contributed by atoms with Gasteiger partial charge in [-0.2, -0.15) is 10.4 Å². The highest BCUT2D eigenvalue weighted by Crippen LogP contribution is 2.29. The monoisotopic (exact) mass is 260 g/mol.